The summed E-state index contributed by atoms with van der Waals surface area (Å²) >= 11 is 1.71. The molecule has 0 aliphatic carbocycles. The van der Waals surface area contributed by atoms with E-state index in [0.717, 1.165) is 11.4 Å². The smallest absolute Gasteiger partial charge is 0.335 e. The summed E-state index contributed by atoms with van der Waals surface area (Å²) in [5, 5.41) is 15.4. The minimum atomic E-state index is -0.911. The second kappa shape index (κ2) is 4.74. The molecule has 3 aromatic rings. The molecule has 0 radical (unpaired) electrons. The lowest BCUT2D eigenvalue weighted by Crippen LogP contribution is -1.96. The molecule has 2 aromatic carbocycles. The minimum Gasteiger partial charge on any atom is -0.478 e. The van der Waals surface area contributed by atoms with E-state index in [4.69, 9.17) is 5.11 Å². The number of rotatable bonds is 3. The molecular weight excluding hydrogens is 258 g/mol. The maximum Gasteiger partial charge on any atom is 0.335 e. The molecule has 19 heavy (non-hydrogen) atoms. The number of hydrogen-bond donors (Lipinski definition) is 2. The summed E-state index contributed by atoms with van der Waals surface area (Å²) in [4.78, 5) is 10.8. The molecular formula is C15H11NO2S. The number of nitrogens with one attached hydrogen (secondary N) is 1. The summed E-state index contributed by atoms with van der Waals surface area (Å²) in [7, 11) is 0. The van der Waals surface area contributed by atoms with Crippen LogP contribution in [0.1, 0.15) is 10.4 Å². The summed E-state index contributed by atoms with van der Waals surface area (Å²) in [5.74, 6) is -0.911. The first kappa shape index (κ1) is 11.7. The Labute approximate surface area is 114 Å². The highest BCUT2D eigenvalue weighted by molar-refractivity contribution is 7.17. The normalized spacial score (nSPS) is 10.5. The predicted molar refractivity (Wildman–Crippen MR) is 78.5 cm³/mol. The fourth-order valence-electron chi connectivity index (χ4n) is 1.91. The second-order valence-corrected chi connectivity index (χ2v) is 5.13. The standard InChI is InChI=1S/C15H11NO2S/c17-15(18)10-1-3-12(4-2-10)16-13-5-6-14-11(9-13)7-8-19-14/h1-9,16H,(H,17,18). The number of carboxylic acids is 1. The molecule has 0 spiro atoms. The summed E-state index contributed by atoms with van der Waals surface area (Å²) in [6, 6.07) is 15.0. The van der Waals surface area contributed by atoms with E-state index in [9.17, 15) is 4.79 Å². The van der Waals surface area contributed by atoms with Crippen molar-refractivity contribution in [3.63, 3.8) is 0 Å². The van der Waals surface area contributed by atoms with Gasteiger partial charge in [-0.25, -0.2) is 4.79 Å². The van der Waals surface area contributed by atoms with Gasteiger partial charge in [-0.05, 0) is 59.3 Å². The van der Waals surface area contributed by atoms with Crippen molar-refractivity contribution in [1.82, 2.24) is 0 Å². The zero-order chi connectivity index (χ0) is 13.2. The number of benzene rings is 2. The Kier molecular flexibility index (Phi) is 2.93. The van der Waals surface area contributed by atoms with Crippen molar-refractivity contribution in [2.24, 2.45) is 0 Å². The van der Waals surface area contributed by atoms with Crippen molar-refractivity contribution in [3.05, 3.63) is 59.5 Å². The number of fused-ring (bicyclic) bond motifs is 1. The van der Waals surface area contributed by atoms with Crippen LogP contribution >= 0.6 is 11.3 Å². The Morgan fingerprint density at radius 1 is 1.00 bits per heavy atom. The summed E-state index contributed by atoms with van der Waals surface area (Å²) in [6.07, 6.45) is 0. The monoisotopic (exact) mass is 269 g/mol. The number of hydrogen-bond acceptors (Lipinski definition) is 3. The molecule has 0 atom stereocenters. The fourth-order valence-corrected chi connectivity index (χ4v) is 2.68. The van der Waals surface area contributed by atoms with Crippen LogP contribution in [-0.4, -0.2) is 11.1 Å². The average molecular weight is 269 g/mol. The molecule has 3 rings (SSSR count). The van der Waals surface area contributed by atoms with E-state index in [0.29, 0.717) is 5.56 Å². The molecule has 0 amide bonds. The van der Waals surface area contributed by atoms with Gasteiger partial charge < -0.3 is 10.4 Å². The van der Waals surface area contributed by atoms with Gasteiger partial charge in [0, 0.05) is 16.1 Å². The Balaban J connectivity index is 1.85. The number of aromatic carboxylic acids is 1. The van der Waals surface area contributed by atoms with Crippen LogP contribution in [0.25, 0.3) is 10.1 Å². The molecule has 0 aliphatic heterocycles. The van der Waals surface area contributed by atoms with Crippen molar-refractivity contribution in [2.45, 2.75) is 0 Å². The van der Waals surface area contributed by atoms with E-state index in [1.807, 2.05) is 6.07 Å². The molecule has 2 N–H and O–H groups in total. The molecule has 3 nitrogen and oxygen atoms in total. The SMILES string of the molecule is O=C(O)c1ccc(Nc2ccc3sccc3c2)cc1. The topological polar surface area (TPSA) is 49.3 Å². The van der Waals surface area contributed by atoms with Gasteiger partial charge in [0.1, 0.15) is 0 Å². The highest BCUT2D eigenvalue weighted by Crippen LogP contribution is 2.26. The Bertz CT molecular complexity index is 731. The molecule has 94 valence electrons. The Morgan fingerprint density at radius 3 is 2.47 bits per heavy atom. The van der Waals surface area contributed by atoms with E-state index in [2.05, 4.69) is 28.9 Å². The zero-order valence-corrected chi connectivity index (χ0v) is 10.8. The van der Waals surface area contributed by atoms with E-state index < -0.39 is 5.97 Å². The molecule has 1 aromatic heterocycles. The van der Waals surface area contributed by atoms with Crippen molar-refractivity contribution in [3.8, 4) is 0 Å². The van der Waals surface area contributed by atoms with Crippen molar-refractivity contribution in [1.29, 1.82) is 0 Å². The van der Waals surface area contributed by atoms with Crippen LogP contribution in [0.4, 0.5) is 11.4 Å². The summed E-state index contributed by atoms with van der Waals surface area (Å²) in [6.45, 7) is 0. The molecule has 0 saturated heterocycles. The number of thiophene rings is 1. The highest BCUT2D eigenvalue weighted by atomic mass is 32.1. The van der Waals surface area contributed by atoms with Gasteiger partial charge in [-0.15, -0.1) is 11.3 Å². The van der Waals surface area contributed by atoms with Crippen LogP contribution in [-0.2, 0) is 0 Å². The fraction of sp³-hybridized carbons (Fsp3) is 0. The lowest BCUT2D eigenvalue weighted by atomic mass is 10.2. The van der Waals surface area contributed by atoms with Gasteiger partial charge in [0.15, 0.2) is 0 Å². The van der Waals surface area contributed by atoms with Gasteiger partial charge in [0.05, 0.1) is 5.56 Å². The largest absolute Gasteiger partial charge is 0.478 e. The third-order valence-corrected chi connectivity index (χ3v) is 3.77. The molecule has 0 bridgehead atoms. The maximum atomic E-state index is 10.8. The third-order valence-electron chi connectivity index (χ3n) is 2.87. The predicted octanol–water partition coefficient (Wildman–Crippen LogP) is 4.34. The number of carboxylic acid groups (broad SMARTS) is 1. The van der Waals surface area contributed by atoms with Crippen LogP contribution < -0.4 is 5.32 Å². The Morgan fingerprint density at radius 2 is 1.74 bits per heavy atom. The van der Waals surface area contributed by atoms with E-state index >= 15 is 0 Å². The first-order chi connectivity index (χ1) is 9.22. The third kappa shape index (κ3) is 2.44. The second-order valence-electron chi connectivity index (χ2n) is 4.18. The van der Waals surface area contributed by atoms with E-state index in [1.54, 1.807) is 35.6 Å². The first-order valence-electron chi connectivity index (χ1n) is 5.80. The zero-order valence-electron chi connectivity index (χ0n) is 9.96. The van der Waals surface area contributed by atoms with Gasteiger partial charge in [-0.1, -0.05) is 0 Å². The van der Waals surface area contributed by atoms with Gasteiger partial charge in [-0.2, -0.15) is 0 Å². The van der Waals surface area contributed by atoms with E-state index in [-0.39, 0.29) is 0 Å². The van der Waals surface area contributed by atoms with E-state index in [1.165, 1.54) is 10.1 Å². The molecule has 4 heteroatoms. The minimum absolute atomic E-state index is 0.291. The summed E-state index contributed by atoms with van der Waals surface area (Å²) < 4.78 is 1.26. The van der Waals surface area contributed by atoms with Gasteiger partial charge in [-0.3, -0.25) is 0 Å². The van der Waals surface area contributed by atoms with Crippen LogP contribution in [0.2, 0.25) is 0 Å². The van der Waals surface area contributed by atoms with Crippen LogP contribution in [0, 0.1) is 0 Å². The van der Waals surface area contributed by atoms with Gasteiger partial charge in [0.2, 0.25) is 0 Å². The molecule has 0 fully saturated rings. The Hall–Kier alpha value is -2.33. The maximum absolute atomic E-state index is 10.8. The van der Waals surface area contributed by atoms with Crippen LogP contribution in [0.3, 0.4) is 0 Å². The molecule has 0 unspecified atom stereocenters. The van der Waals surface area contributed by atoms with Gasteiger partial charge >= 0.3 is 5.97 Å². The van der Waals surface area contributed by atoms with Crippen molar-refractivity contribution >= 4 is 38.8 Å². The molecule has 0 aliphatic rings. The lowest BCUT2D eigenvalue weighted by molar-refractivity contribution is 0.0697. The first-order valence-corrected chi connectivity index (χ1v) is 6.68. The number of anilines is 2. The van der Waals surface area contributed by atoms with Crippen LogP contribution in [0.15, 0.2) is 53.9 Å². The molecule has 0 saturated carbocycles. The lowest BCUT2D eigenvalue weighted by Gasteiger charge is -2.06. The van der Waals surface area contributed by atoms with Crippen molar-refractivity contribution < 1.29 is 9.90 Å². The average Bonchev–Trinajstić information content (AvgIpc) is 2.87. The number of carbonyl (C=O) groups is 1. The highest BCUT2D eigenvalue weighted by Gasteiger charge is 2.02. The quantitative estimate of drug-likeness (QED) is 0.743. The summed E-state index contributed by atoms with van der Waals surface area (Å²) in [5.41, 5.74) is 2.16. The van der Waals surface area contributed by atoms with Crippen LogP contribution in [0.5, 0.6) is 0 Å². The van der Waals surface area contributed by atoms with Crippen molar-refractivity contribution in [2.75, 3.05) is 5.32 Å². The van der Waals surface area contributed by atoms with Gasteiger partial charge in [0.25, 0.3) is 0 Å². The molecule has 1 heterocycles.